The van der Waals surface area contributed by atoms with Gasteiger partial charge in [0.25, 0.3) is 0 Å². The molecule has 2 aliphatic rings. The van der Waals surface area contributed by atoms with Crippen molar-refractivity contribution in [2.75, 3.05) is 57.8 Å². The lowest BCUT2D eigenvalue weighted by Gasteiger charge is -2.32. The van der Waals surface area contributed by atoms with E-state index in [1.165, 1.54) is 0 Å². The van der Waals surface area contributed by atoms with Crippen molar-refractivity contribution in [3.05, 3.63) is 18.0 Å². The minimum absolute atomic E-state index is 0.298. The third-order valence-corrected chi connectivity index (χ3v) is 4.50. The molecule has 1 unspecified atom stereocenters. The lowest BCUT2D eigenvalue weighted by Crippen LogP contribution is -2.45. The van der Waals surface area contributed by atoms with E-state index in [0.29, 0.717) is 12.5 Å². The molecule has 0 radical (unpaired) electrons. The van der Waals surface area contributed by atoms with E-state index in [9.17, 15) is 5.11 Å². The Morgan fingerprint density at radius 1 is 1.24 bits per heavy atom. The van der Waals surface area contributed by atoms with E-state index >= 15 is 0 Å². The van der Waals surface area contributed by atoms with Crippen molar-refractivity contribution in [1.29, 1.82) is 0 Å². The summed E-state index contributed by atoms with van der Waals surface area (Å²) >= 11 is 0. The van der Waals surface area contributed by atoms with Gasteiger partial charge in [-0.25, -0.2) is 9.97 Å². The van der Waals surface area contributed by atoms with Crippen molar-refractivity contribution >= 4 is 5.95 Å². The average Bonchev–Trinajstić information content (AvgIpc) is 2.96. The molecule has 1 N–H and O–H groups in total. The molecular formula is C15H25N5O. The molecule has 1 aromatic rings. The first-order chi connectivity index (χ1) is 10.2. The Bertz CT molecular complexity index is 461. The predicted octanol–water partition coefficient (Wildman–Crippen LogP) is 0.0426. The third kappa shape index (κ3) is 3.70. The molecule has 0 spiro atoms. The van der Waals surface area contributed by atoms with Crippen LogP contribution in [0.1, 0.15) is 12.1 Å². The maximum absolute atomic E-state index is 9.22. The van der Waals surface area contributed by atoms with E-state index in [0.717, 1.165) is 63.9 Å². The molecule has 116 valence electrons. The molecule has 0 aromatic carbocycles. The molecule has 0 saturated carbocycles. The van der Waals surface area contributed by atoms with Crippen LogP contribution in [-0.4, -0.2) is 77.8 Å². The predicted molar refractivity (Wildman–Crippen MR) is 82.2 cm³/mol. The van der Waals surface area contributed by atoms with Crippen LogP contribution in [0.5, 0.6) is 0 Å². The molecule has 2 fully saturated rings. The Morgan fingerprint density at radius 3 is 2.76 bits per heavy atom. The van der Waals surface area contributed by atoms with E-state index < -0.39 is 0 Å². The summed E-state index contributed by atoms with van der Waals surface area (Å²) in [6.07, 6.45) is 2.96. The normalized spacial score (nSPS) is 24.7. The molecule has 0 aliphatic carbocycles. The van der Waals surface area contributed by atoms with Crippen LogP contribution in [0.3, 0.4) is 0 Å². The summed E-state index contributed by atoms with van der Waals surface area (Å²) in [6, 6.07) is 2.01. The number of hydrogen-bond donors (Lipinski definition) is 1. The lowest BCUT2D eigenvalue weighted by molar-refractivity contribution is 0.219. The van der Waals surface area contributed by atoms with E-state index in [1.54, 1.807) is 0 Å². The molecule has 3 heterocycles. The molecule has 21 heavy (non-hydrogen) atoms. The van der Waals surface area contributed by atoms with Gasteiger partial charge in [-0.15, -0.1) is 0 Å². The molecule has 1 aromatic heterocycles. The second kappa shape index (κ2) is 6.68. The number of piperazine rings is 1. The first-order valence-electron chi connectivity index (χ1n) is 7.83. The van der Waals surface area contributed by atoms with Gasteiger partial charge in [0.2, 0.25) is 5.95 Å². The van der Waals surface area contributed by atoms with Crippen molar-refractivity contribution in [3.8, 4) is 0 Å². The van der Waals surface area contributed by atoms with Crippen LogP contribution >= 0.6 is 0 Å². The van der Waals surface area contributed by atoms with Gasteiger partial charge in [-0.3, -0.25) is 4.90 Å². The van der Waals surface area contributed by atoms with Crippen molar-refractivity contribution in [1.82, 2.24) is 19.8 Å². The zero-order chi connectivity index (χ0) is 14.7. The fourth-order valence-electron chi connectivity index (χ4n) is 3.07. The molecular weight excluding hydrogens is 266 g/mol. The third-order valence-electron chi connectivity index (χ3n) is 4.50. The fraction of sp³-hybridized carbons (Fsp3) is 0.733. The van der Waals surface area contributed by atoms with Gasteiger partial charge in [0.1, 0.15) is 0 Å². The number of anilines is 1. The maximum atomic E-state index is 9.22. The smallest absolute Gasteiger partial charge is 0.225 e. The highest BCUT2D eigenvalue weighted by Gasteiger charge is 2.22. The van der Waals surface area contributed by atoms with E-state index in [1.807, 2.05) is 12.3 Å². The van der Waals surface area contributed by atoms with Crippen LogP contribution in [0.25, 0.3) is 0 Å². The summed E-state index contributed by atoms with van der Waals surface area (Å²) in [5, 5.41) is 9.22. The fourth-order valence-corrected chi connectivity index (χ4v) is 3.07. The van der Waals surface area contributed by atoms with Gasteiger partial charge in [0, 0.05) is 52.1 Å². The molecule has 0 amide bonds. The molecule has 6 heteroatoms. The van der Waals surface area contributed by atoms with E-state index in [4.69, 9.17) is 4.98 Å². The zero-order valence-electron chi connectivity index (χ0n) is 12.8. The van der Waals surface area contributed by atoms with Gasteiger partial charge in [0.05, 0.1) is 5.69 Å². The summed E-state index contributed by atoms with van der Waals surface area (Å²) in [4.78, 5) is 16.1. The number of rotatable bonds is 4. The Balaban J connectivity index is 1.61. The molecule has 2 saturated heterocycles. The van der Waals surface area contributed by atoms with E-state index in [2.05, 4.69) is 26.7 Å². The van der Waals surface area contributed by atoms with Gasteiger partial charge >= 0.3 is 0 Å². The van der Waals surface area contributed by atoms with Crippen molar-refractivity contribution in [3.63, 3.8) is 0 Å². The van der Waals surface area contributed by atoms with Crippen LogP contribution in [0.15, 0.2) is 12.3 Å². The Hall–Kier alpha value is -1.24. The maximum Gasteiger partial charge on any atom is 0.225 e. The second-order valence-electron chi connectivity index (χ2n) is 6.21. The summed E-state index contributed by atoms with van der Waals surface area (Å²) in [5.41, 5.74) is 1.08. The number of likely N-dealkylation sites (tertiary alicyclic amines) is 1. The largest absolute Gasteiger partial charge is 0.396 e. The monoisotopic (exact) mass is 291 g/mol. The quantitative estimate of drug-likeness (QED) is 0.845. The first-order valence-corrected chi connectivity index (χ1v) is 7.83. The van der Waals surface area contributed by atoms with Crippen molar-refractivity contribution in [2.24, 2.45) is 5.92 Å². The van der Waals surface area contributed by atoms with Crippen molar-refractivity contribution in [2.45, 2.75) is 13.0 Å². The topological polar surface area (TPSA) is 55.7 Å². The molecule has 1 atom stereocenters. The highest BCUT2D eigenvalue weighted by Crippen LogP contribution is 2.18. The standard InChI is InChI=1S/C15H25N5O/c1-18-6-8-20(9-7-18)15-16-4-2-14(17-15)11-19-5-3-13(10-19)12-21/h2,4,13,21H,3,5-12H2,1H3. The van der Waals surface area contributed by atoms with Crippen LogP contribution in [-0.2, 0) is 6.54 Å². The number of aliphatic hydroxyl groups excluding tert-OH is 1. The Morgan fingerprint density at radius 2 is 2.05 bits per heavy atom. The van der Waals surface area contributed by atoms with Crippen LogP contribution < -0.4 is 4.90 Å². The Kier molecular flexibility index (Phi) is 4.67. The zero-order valence-corrected chi connectivity index (χ0v) is 12.8. The van der Waals surface area contributed by atoms with Gasteiger partial charge in [-0.1, -0.05) is 0 Å². The number of likely N-dealkylation sites (N-methyl/N-ethyl adjacent to an activating group) is 1. The first kappa shape index (κ1) is 14.7. The molecule has 6 nitrogen and oxygen atoms in total. The highest BCUT2D eigenvalue weighted by atomic mass is 16.3. The lowest BCUT2D eigenvalue weighted by atomic mass is 10.1. The minimum Gasteiger partial charge on any atom is -0.396 e. The van der Waals surface area contributed by atoms with Crippen LogP contribution in [0, 0.1) is 5.92 Å². The molecule has 2 aliphatic heterocycles. The van der Waals surface area contributed by atoms with E-state index in [-0.39, 0.29) is 0 Å². The summed E-state index contributed by atoms with van der Waals surface area (Å²) in [5.74, 6) is 1.29. The van der Waals surface area contributed by atoms with Gasteiger partial charge in [0.15, 0.2) is 0 Å². The summed E-state index contributed by atoms with van der Waals surface area (Å²) < 4.78 is 0. The number of hydrogen-bond acceptors (Lipinski definition) is 6. The summed E-state index contributed by atoms with van der Waals surface area (Å²) in [7, 11) is 2.15. The number of aromatic nitrogens is 2. The van der Waals surface area contributed by atoms with Crippen LogP contribution in [0.2, 0.25) is 0 Å². The Labute approximate surface area is 126 Å². The second-order valence-corrected chi connectivity index (χ2v) is 6.21. The van der Waals surface area contributed by atoms with Gasteiger partial charge in [-0.2, -0.15) is 0 Å². The van der Waals surface area contributed by atoms with Crippen molar-refractivity contribution < 1.29 is 5.11 Å². The van der Waals surface area contributed by atoms with Gasteiger partial charge < -0.3 is 14.9 Å². The molecule has 0 bridgehead atoms. The number of aliphatic hydroxyl groups is 1. The SMILES string of the molecule is CN1CCN(c2nccc(CN3CCC(CO)C3)n2)CC1. The average molecular weight is 291 g/mol. The summed E-state index contributed by atoms with van der Waals surface area (Å²) in [6.45, 7) is 7.32. The van der Waals surface area contributed by atoms with Crippen LogP contribution in [0.4, 0.5) is 5.95 Å². The number of nitrogens with zero attached hydrogens (tertiary/aromatic N) is 5. The highest BCUT2D eigenvalue weighted by molar-refractivity contribution is 5.31. The minimum atomic E-state index is 0.298. The molecule has 3 rings (SSSR count). The van der Waals surface area contributed by atoms with Gasteiger partial charge in [-0.05, 0) is 32.0 Å².